The predicted octanol–water partition coefficient (Wildman–Crippen LogP) is 5.55. The average Bonchev–Trinajstić information content (AvgIpc) is 2.35. The SMILES string of the molecule is CC(C)CCc1ccc2cc(C(C)C)ccc2c1. The summed E-state index contributed by atoms with van der Waals surface area (Å²) in [6.07, 6.45) is 2.47. The van der Waals surface area contributed by atoms with Crippen molar-refractivity contribution in [2.75, 3.05) is 0 Å². The van der Waals surface area contributed by atoms with Crippen LogP contribution in [-0.2, 0) is 6.42 Å². The quantitative estimate of drug-likeness (QED) is 0.657. The molecule has 0 aromatic heterocycles. The number of aryl methyl sites for hydroxylation is 1. The first-order valence-corrected chi connectivity index (χ1v) is 7.09. The van der Waals surface area contributed by atoms with Crippen LogP contribution in [-0.4, -0.2) is 0 Å². The van der Waals surface area contributed by atoms with Crippen molar-refractivity contribution in [2.24, 2.45) is 5.92 Å². The van der Waals surface area contributed by atoms with E-state index < -0.39 is 0 Å². The smallest absolute Gasteiger partial charge is 0.0181 e. The van der Waals surface area contributed by atoms with Crippen molar-refractivity contribution < 1.29 is 0 Å². The summed E-state index contributed by atoms with van der Waals surface area (Å²) in [5.41, 5.74) is 2.89. The molecule has 0 spiro atoms. The van der Waals surface area contributed by atoms with Crippen LogP contribution in [0.25, 0.3) is 10.8 Å². The lowest BCUT2D eigenvalue weighted by Crippen LogP contribution is -1.92. The van der Waals surface area contributed by atoms with E-state index in [0.717, 1.165) is 5.92 Å². The molecular weight excluding hydrogens is 216 g/mol. The first-order valence-electron chi connectivity index (χ1n) is 7.09. The molecule has 0 unspecified atom stereocenters. The van der Waals surface area contributed by atoms with Gasteiger partial charge in [-0.2, -0.15) is 0 Å². The fourth-order valence-corrected chi connectivity index (χ4v) is 2.28. The van der Waals surface area contributed by atoms with Gasteiger partial charge >= 0.3 is 0 Å². The second-order valence-corrected chi connectivity index (χ2v) is 6.03. The van der Waals surface area contributed by atoms with E-state index in [1.165, 1.54) is 34.7 Å². The minimum absolute atomic E-state index is 0.606. The van der Waals surface area contributed by atoms with Gasteiger partial charge in [0.15, 0.2) is 0 Å². The molecule has 0 saturated heterocycles. The third-order valence-corrected chi connectivity index (χ3v) is 3.61. The number of hydrogen-bond donors (Lipinski definition) is 0. The maximum atomic E-state index is 2.35. The van der Waals surface area contributed by atoms with Crippen LogP contribution in [0.15, 0.2) is 36.4 Å². The molecule has 0 nitrogen and oxygen atoms in total. The normalized spacial score (nSPS) is 11.7. The second-order valence-electron chi connectivity index (χ2n) is 6.03. The fraction of sp³-hybridized carbons (Fsp3) is 0.444. The molecule has 2 aromatic rings. The summed E-state index contributed by atoms with van der Waals surface area (Å²) >= 11 is 0. The first-order chi connectivity index (χ1) is 8.56. The zero-order chi connectivity index (χ0) is 13.1. The highest BCUT2D eigenvalue weighted by atomic mass is 14.1. The van der Waals surface area contributed by atoms with Gasteiger partial charge in [0.05, 0.1) is 0 Å². The highest BCUT2D eigenvalue weighted by Gasteiger charge is 2.02. The van der Waals surface area contributed by atoms with Crippen LogP contribution >= 0.6 is 0 Å². The number of benzene rings is 2. The molecule has 0 N–H and O–H groups in total. The molecular formula is C18H24. The van der Waals surface area contributed by atoms with Crippen LogP contribution in [0.3, 0.4) is 0 Å². The lowest BCUT2D eigenvalue weighted by molar-refractivity contribution is 0.587. The van der Waals surface area contributed by atoms with Gasteiger partial charge in [-0.05, 0) is 46.6 Å². The highest BCUT2D eigenvalue weighted by Crippen LogP contribution is 2.23. The summed E-state index contributed by atoms with van der Waals surface area (Å²) in [5.74, 6) is 1.39. The van der Waals surface area contributed by atoms with Gasteiger partial charge in [0.25, 0.3) is 0 Å². The molecule has 96 valence electrons. The molecule has 0 aliphatic heterocycles. The van der Waals surface area contributed by atoms with E-state index in [2.05, 4.69) is 64.1 Å². The lowest BCUT2D eigenvalue weighted by atomic mass is 9.96. The van der Waals surface area contributed by atoms with Gasteiger partial charge in [0.1, 0.15) is 0 Å². The van der Waals surface area contributed by atoms with E-state index in [9.17, 15) is 0 Å². The van der Waals surface area contributed by atoms with E-state index >= 15 is 0 Å². The molecule has 0 aliphatic rings. The van der Waals surface area contributed by atoms with E-state index in [1.807, 2.05) is 0 Å². The maximum absolute atomic E-state index is 2.35. The first kappa shape index (κ1) is 13.1. The van der Waals surface area contributed by atoms with Crippen LogP contribution in [0.5, 0.6) is 0 Å². The predicted molar refractivity (Wildman–Crippen MR) is 81.2 cm³/mol. The van der Waals surface area contributed by atoms with Crippen molar-refractivity contribution in [3.05, 3.63) is 47.5 Å². The third kappa shape index (κ3) is 3.13. The molecule has 2 aromatic carbocycles. The summed E-state index contributed by atoms with van der Waals surface area (Å²) in [4.78, 5) is 0. The molecule has 0 bridgehead atoms. The molecule has 0 radical (unpaired) electrons. The van der Waals surface area contributed by atoms with Crippen LogP contribution < -0.4 is 0 Å². The highest BCUT2D eigenvalue weighted by molar-refractivity contribution is 5.84. The topological polar surface area (TPSA) is 0 Å². The summed E-state index contributed by atoms with van der Waals surface area (Å²) in [6.45, 7) is 9.07. The monoisotopic (exact) mass is 240 g/mol. The van der Waals surface area contributed by atoms with Crippen molar-refractivity contribution >= 4 is 10.8 Å². The Hall–Kier alpha value is -1.30. The molecule has 18 heavy (non-hydrogen) atoms. The van der Waals surface area contributed by atoms with Gasteiger partial charge in [0.2, 0.25) is 0 Å². The van der Waals surface area contributed by atoms with Gasteiger partial charge in [0, 0.05) is 0 Å². The molecule has 0 saturated carbocycles. The zero-order valence-corrected chi connectivity index (χ0v) is 12.0. The summed E-state index contributed by atoms with van der Waals surface area (Å²) < 4.78 is 0. The Morgan fingerprint density at radius 1 is 0.833 bits per heavy atom. The zero-order valence-electron chi connectivity index (χ0n) is 12.0. The Balaban J connectivity index is 2.27. The van der Waals surface area contributed by atoms with Gasteiger partial charge in [-0.3, -0.25) is 0 Å². The van der Waals surface area contributed by atoms with Gasteiger partial charge in [-0.1, -0.05) is 64.1 Å². The number of fused-ring (bicyclic) bond motifs is 1. The van der Waals surface area contributed by atoms with Crippen molar-refractivity contribution in [1.29, 1.82) is 0 Å². The standard InChI is InChI=1S/C18H24/c1-13(2)5-6-15-7-8-18-12-16(14(3)4)9-10-17(18)11-15/h7-14H,5-6H2,1-4H3. The van der Waals surface area contributed by atoms with E-state index in [4.69, 9.17) is 0 Å². The molecule has 0 heteroatoms. The summed E-state index contributed by atoms with van der Waals surface area (Å²) in [5, 5.41) is 2.75. The van der Waals surface area contributed by atoms with Gasteiger partial charge in [-0.25, -0.2) is 0 Å². The molecule has 0 atom stereocenters. The van der Waals surface area contributed by atoms with Crippen molar-refractivity contribution in [3.63, 3.8) is 0 Å². The average molecular weight is 240 g/mol. The number of hydrogen-bond acceptors (Lipinski definition) is 0. The maximum Gasteiger partial charge on any atom is -0.0181 e. The minimum atomic E-state index is 0.606. The van der Waals surface area contributed by atoms with Crippen molar-refractivity contribution in [2.45, 2.75) is 46.5 Å². The minimum Gasteiger partial charge on any atom is -0.0628 e. The Morgan fingerprint density at radius 3 is 2.17 bits per heavy atom. The Morgan fingerprint density at radius 2 is 1.50 bits per heavy atom. The van der Waals surface area contributed by atoms with Gasteiger partial charge < -0.3 is 0 Å². The van der Waals surface area contributed by atoms with Crippen LogP contribution in [0.1, 0.15) is 51.2 Å². The molecule has 0 aliphatic carbocycles. The molecule has 0 heterocycles. The molecule has 0 amide bonds. The largest absolute Gasteiger partial charge is 0.0628 e. The molecule has 2 rings (SSSR count). The lowest BCUT2D eigenvalue weighted by Gasteiger charge is -2.09. The third-order valence-electron chi connectivity index (χ3n) is 3.61. The Kier molecular flexibility index (Phi) is 4.06. The Bertz CT molecular complexity index is 521. The Labute approximate surface area is 111 Å². The van der Waals surface area contributed by atoms with Crippen LogP contribution in [0.2, 0.25) is 0 Å². The number of rotatable bonds is 4. The van der Waals surface area contributed by atoms with E-state index in [1.54, 1.807) is 0 Å². The van der Waals surface area contributed by atoms with Crippen LogP contribution in [0.4, 0.5) is 0 Å². The van der Waals surface area contributed by atoms with Crippen molar-refractivity contribution in [3.8, 4) is 0 Å². The second kappa shape index (κ2) is 5.56. The van der Waals surface area contributed by atoms with E-state index in [0.29, 0.717) is 5.92 Å². The van der Waals surface area contributed by atoms with E-state index in [-0.39, 0.29) is 0 Å². The molecule has 0 fully saturated rings. The summed E-state index contributed by atoms with van der Waals surface area (Å²) in [6, 6.07) is 13.8. The fourth-order valence-electron chi connectivity index (χ4n) is 2.28. The van der Waals surface area contributed by atoms with Crippen molar-refractivity contribution in [1.82, 2.24) is 0 Å². The van der Waals surface area contributed by atoms with Crippen LogP contribution in [0, 0.1) is 5.92 Å². The van der Waals surface area contributed by atoms with Gasteiger partial charge in [-0.15, -0.1) is 0 Å². The summed E-state index contributed by atoms with van der Waals surface area (Å²) in [7, 11) is 0.